The van der Waals surface area contributed by atoms with Crippen LogP contribution < -0.4 is 5.32 Å². The minimum absolute atomic E-state index is 0.227. The Morgan fingerprint density at radius 1 is 1.27 bits per heavy atom. The fourth-order valence-corrected chi connectivity index (χ4v) is 3.12. The lowest BCUT2D eigenvalue weighted by Gasteiger charge is -2.39. The zero-order valence-corrected chi connectivity index (χ0v) is 14.8. The second-order valence-corrected chi connectivity index (χ2v) is 7.09. The molecule has 26 heavy (non-hydrogen) atoms. The zero-order valence-electron chi connectivity index (χ0n) is 14.8. The van der Waals surface area contributed by atoms with Gasteiger partial charge in [-0.25, -0.2) is 14.8 Å². The number of carbonyl (C=O) groups excluding carboxylic acids is 1. The van der Waals surface area contributed by atoms with Crippen LogP contribution >= 0.6 is 0 Å². The summed E-state index contributed by atoms with van der Waals surface area (Å²) in [5, 5.41) is 2.82. The maximum atomic E-state index is 12.5. The first kappa shape index (κ1) is 18.9. The summed E-state index contributed by atoms with van der Waals surface area (Å²) >= 11 is 0. The lowest BCUT2D eigenvalue weighted by atomic mass is 10.2. The van der Waals surface area contributed by atoms with Crippen LogP contribution in [0.3, 0.4) is 0 Å². The van der Waals surface area contributed by atoms with Crippen molar-refractivity contribution in [2.24, 2.45) is 0 Å². The van der Waals surface area contributed by atoms with Gasteiger partial charge in [-0.3, -0.25) is 4.90 Å². The van der Waals surface area contributed by atoms with E-state index in [1.54, 1.807) is 24.2 Å². The van der Waals surface area contributed by atoms with Gasteiger partial charge in [0.2, 0.25) is 0 Å². The van der Waals surface area contributed by atoms with E-state index in [2.05, 4.69) is 15.3 Å². The van der Waals surface area contributed by atoms with Crippen LogP contribution in [-0.4, -0.2) is 70.7 Å². The van der Waals surface area contributed by atoms with Gasteiger partial charge in [0.05, 0.1) is 6.54 Å². The fourth-order valence-electron chi connectivity index (χ4n) is 3.12. The van der Waals surface area contributed by atoms with Crippen LogP contribution in [0.1, 0.15) is 37.1 Å². The lowest BCUT2D eigenvalue weighted by Crippen LogP contribution is -2.57. The molecule has 0 bridgehead atoms. The molecule has 0 aromatic carbocycles. The van der Waals surface area contributed by atoms with Crippen molar-refractivity contribution in [2.45, 2.75) is 44.3 Å². The summed E-state index contributed by atoms with van der Waals surface area (Å²) < 4.78 is 37.6. The van der Waals surface area contributed by atoms with Gasteiger partial charge in [-0.05, 0) is 31.7 Å². The Morgan fingerprint density at radius 2 is 1.96 bits per heavy atom. The molecule has 2 heterocycles. The summed E-state index contributed by atoms with van der Waals surface area (Å²) in [5.41, 5.74) is 0.957. The molecule has 9 heteroatoms. The standard InChI is InChI=1S/C17H24F3N5O/c1-12-10-24(6-7-25(12)11-17(18,19)20)16(26)21-5-4-13-8-22-15(23-9-13)14-2-3-14/h8-9,12,14H,2-7,10-11H2,1H3,(H,21,26). The zero-order chi connectivity index (χ0) is 18.7. The normalized spacial score (nSPS) is 21.7. The van der Waals surface area contributed by atoms with Crippen molar-refractivity contribution in [3.8, 4) is 0 Å². The number of halogens is 3. The predicted octanol–water partition coefficient (Wildman–Crippen LogP) is 2.17. The number of nitrogens with one attached hydrogen (secondary N) is 1. The van der Waals surface area contributed by atoms with Crippen LogP contribution in [0.4, 0.5) is 18.0 Å². The van der Waals surface area contributed by atoms with E-state index in [-0.39, 0.29) is 18.6 Å². The van der Waals surface area contributed by atoms with E-state index in [0.29, 0.717) is 32.0 Å². The number of carbonyl (C=O) groups is 1. The molecule has 0 spiro atoms. The molecule has 1 N–H and O–H groups in total. The molecule has 6 nitrogen and oxygen atoms in total. The Kier molecular flexibility index (Phi) is 5.64. The van der Waals surface area contributed by atoms with E-state index in [4.69, 9.17) is 0 Å². The van der Waals surface area contributed by atoms with Gasteiger partial charge in [0.1, 0.15) is 5.82 Å². The number of alkyl halides is 3. The molecule has 3 rings (SSSR count). The highest BCUT2D eigenvalue weighted by Gasteiger charge is 2.35. The van der Waals surface area contributed by atoms with Gasteiger partial charge < -0.3 is 10.2 Å². The highest BCUT2D eigenvalue weighted by atomic mass is 19.4. The average molecular weight is 371 g/mol. The largest absolute Gasteiger partial charge is 0.401 e. The highest BCUT2D eigenvalue weighted by molar-refractivity contribution is 5.74. The molecule has 1 saturated carbocycles. The summed E-state index contributed by atoms with van der Waals surface area (Å²) in [6.45, 7) is 2.05. The van der Waals surface area contributed by atoms with Crippen molar-refractivity contribution < 1.29 is 18.0 Å². The number of hydrogen-bond acceptors (Lipinski definition) is 4. The summed E-state index contributed by atoms with van der Waals surface area (Å²) in [7, 11) is 0. The number of urea groups is 1. The van der Waals surface area contributed by atoms with Crippen LogP contribution in [-0.2, 0) is 6.42 Å². The number of rotatable bonds is 5. The average Bonchev–Trinajstić information content (AvgIpc) is 3.41. The van der Waals surface area contributed by atoms with Crippen molar-refractivity contribution in [1.82, 2.24) is 25.1 Å². The van der Waals surface area contributed by atoms with Crippen LogP contribution in [0, 0.1) is 0 Å². The predicted molar refractivity (Wildman–Crippen MR) is 89.8 cm³/mol. The number of hydrogen-bond donors (Lipinski definition) is 1. The minimum Gasteiger partial charge on any atom is -0.338 e. The van der Waals surface area contributed by atoms with E-state index in [0.717, 1.165) is 24.2 Å². The molecule has 2 fully saturated rings. The van der Waals surface area contributed by atoms with Gasteiger partial charge in [-0.1, -0.05) is 0 Å². The molecule has 1 aromatic heterocycles. The monoisotopic (exact) mass is 371 g/mol. The van der Waals surface area contributed by atoms with Crippen LogP contribution in [0.5, 0.6) is 0 Å². The summed E-state index contributed by atoms with van der Waals surface area (Å²) in [5.74, 6) is 1.41. The number of nitrogens with zero attached hydrogens (tertiary/aromatic N) is 4. The Morgan fingerprint density at radius 3 is 2.54 bits per heavy atom. The maximum Gasteiger partial charge on any atom is 0.401 e. The molecule has 1 aromatic rings. The van der Waals surface area contributed by atoms with E-state index in [9.17, 15) is 18.0 Å². The van der Waals surface area contributed by atoms with Gasteiger partial charge in [0, 0.05) is 50.5 Å². The molecule has 1 atom stereocenters. The smallest absolute Gasteiger partial charge is 0.338 e. The maximum absolute atomic E-state index is 12.5. The molecular weight excluding hydrogens is 347 g/mol. The van der Waals surface area contributed by atoms with Crippen molar-refractivity contribution in [3.63, 3.8) is 0 Å². The molecule has 1 aliphatic heterocycles. The van der Waals surface area contributed by atoms with Crippen molar-refractivity contribution in [2.75, 3.05) is 32.7 Å². The summed E-state index contributed by atoms with van der Waals surface area (Å²) in [6, 6.07) is -0.557. The first-order valence-electron chi connectivity index (χ1n) is 8.96. The number of piperazine rings is 1. The second kappa shape index (κ2) is 7.77. The van der Waals surface area contributed by atoms with Gasteiger partial charge in [-0.15, -0.1) is 0 Å². The first-order valence-corrected chi connectivity index (χ1v) is 8.96. The lowest BCUT2D eigenvalue weighted by molar-refractivity contribution is -0.153. The molecule has 0 radical (unpaired) electrons. The molecule has 1 aliphatic carbocycles. The number of amides is 2. The van der Waals surface area contributed by atoms with Crippen molar-refractivity contribution >= 4 is 6.03 Å². The minimum atomic E-state index is -4.21. The summed E-state index contributed by atoms with van der Waals surface area (Å²) in [6.07, 6.45) is 2.32. The van der Waals surface area contributed by atoms with Gasteiger partial charge in [0.25, 0.3) is 0 Å². The molecule has 2 aliphatic rings. The van der Waals surface area contributed by atoms with Crippen LogP contribution in [0.15, 0.2) is 12.4 Å². The Hall–Kier alpha value is -1.90. The highest BCUT2D eigenvalue weighted by Crippen LogP contribution is 2.37. The van der Waals surface area contributed by atoms with Crippen molar-refractivity contribution in [3.05, 3.63) is 23.8 Å². The SMILES string of the molecule is CC1CN(C(=O)NCCc2cnc(C3CC3)nc2)CCN1CC(F)(F)F. The van der Waals surface area contributed by atoms with Gasteiger partial charge in [-0.2, -0.15) is 13.2 Å². The van der Waals surface area contributed by atoms with E-state index in [1.165, 1.54) is 4.90 Å². The van der Waals surface area contributed by atoms with Crippen LogP contribution in [0.25, 0.3) is 0 Å². The Balaban J connectivity index is 1.39. The topological polar surface area (TPSA) is 61.4 Å². The third-order valence-corrected chi connectivity index (χ3v) is 4.79. The third-order valence-electron chi connectivity index (χ3n) is 4.79. The second-order valence-electron chi connectivity index (χ2n) is 7.09. The fraction of sp³-hybridized carbons (Fsp3) is 0.706. The van der Waals surface area contributed by atoms with E-state index >= 15 is 0 Å². The van der Waals surface area contributed by atoms with Gasteiger partial charge >= 0.3 is 12.2 Å². The molecule has 2 amide bonds. The molecule has 1 unspecified atom stereocenters. The Bertz CT molecular complexity index is 618. The third kappa shape index (κ3) is 5.30. The van der Waals surface area contributed by atoms with E-state index < -0.39 is 12.7 Å². The van der Waals surface area contributed by atoms with Gasteiger partial charge in [0.15, 0.2) is 0 Å². The molecule has 144 valence electrons. The number of aromatic nitrogens is 2. The molecular formula is C17H24F3N5O. The molecule has 1 saturated heterocycles. The first-order chi connectivity index (χ1) is 12.3. The summed E-state index contributed by atoms with van der Waals surface area (Å²) in [4.78, 5) is 23.8. The Labute approximate surface area is 150 Å². The quantitative estimate of drug-likeness (QED) is 0.862. The van der Waals surface area contributed by atoms with E-state index in [1.807, 2.05) is 0 Å². The van der Waals surface area contributed by atoms with Crippen LogP contribution in [0.2, 0.25) is 0 Å². The van der Waals surface area contributed by atoms with Crippen molar-refractivity contribution in [1.29, 1.82) is 0 Å².